The summed E-state index contributed by atoms with van der Waals surface area (Å²) in [5.74, 6) is 2.23. The van der Waals surface area contributed by atoms with E-state index in [4.69, 9.17) is 14.2 Å². The maximum absolute atomic E-state index is 12.8. The Labute approximate surface area is 154 Å². The number of nitrogens with one attached hydrogen (secondary N) is 1. The average molecular weight is 360 g/mol. The third-order valence-corrected chi connectivity index (χ3v) is 5.67. The summed E-state index contributed by atoms with van der Waals surface area (Å²) < 4.78 is 17.0. The van der Waals surface area contributed by atoms with Gasteiger partial charge in [0.2, 0.25) is 0 Å². The quantitative estimate of drug-likeness (QED) is 0.759. The van der Waals surface area contributed by atoms with Gasteiger partial charge in [-0.05, 0) is 24.8 Å². The van der Waals surface area contributed by atoms with Crippen LogP contribution in [-0.4, -0.2) is 57.6 Å². The number of ether oxygens (including phenoxy) is 3. The van der Waals surface area contributed by atoms with Crippen molar-refractivity contribution >= 4 is 6.03 Å². The lowest BCUT2D eigenvalue weighted by Crippen LogP contribution is -2.42. The van der Waals surface area contributed by atoms with Crippen molar-refractivity contribution in [2.45, 2.75) is 18.9 Å². The molecular weight excluding hydrogens is 332 g/mol. The molecule has 6 heteroatoms. The molecule has 2 fully saturated rings. The van der Waals surface area contributed by atoms with E-state index in [2.05, 4.69) is 11.4 Å². The fraction of sp³-hybridized carbons (Fsp3) is 0.650. The molecule has 6 nitrogen and oxygen atoms in total. The number of rotatable bonds is 7. The van der Waals surface area contributed by atoms with Gasteiger partial charge in [0.15, 0.2) is 0 Å². The van der Waals surface area contributed by atoms with Gasteiger partial charge < -0.3 is 24.4 Å². The Hall–Kier alpha value is -1.79. The fourth-order valence-electron chi connectivity index (χ4n) is 4.08. The van der Waals surface area contributed by atoms with Crippen molar-refractivity contribution in [1.29, 1.82) is 0 Å². The van der Waals surface area contributed by atoms with Gasteiger partial charge >= 0.3 is 6.03 Å². The third-order valence-electron chi connectivity index (χ3n) is 5.67. The van der Waals surface area contributed by atoms with Gasteiger partial charge in [-0.3, -0.25) is 0 Å². The first-order valence-electron chi connectivity index (χ1n) is 9.60. The summed E-state index contributed by atoms with van der Waals surface area (Å²) in [6.07, 6.45) is 2.59. The normalized spacial score (nSPS) is 26.8. The van der Waals surface area contributed by atoms with Crippen LogP contribution in [0.3, 0.4) is 0 Å². The SMILES string of the molecule is COCCNC(=O)N1C[C@@H](COCC2CC2)[C@@H]2COc3ccccc3[C@@H]21. The fourth-order valence-corrected chi connectivity index (χ4v) is 4.08. The van der Waals surface area contributed by atoms with E-state index in [1.165, 1.54) is 12.8 Å². The van der Waals surface area contributed by atoms with Crippen LogP contribution in [0.4, 0.5) is 4.79 Å². The minimum absolute atomic E-state index is 0.0292. The number of para-hydroxylation sites is 1. The zero-order valence-electron chi connectivity index (χ0n) is 15.4. The first kappa shape index (κ1) is 17.6. The van der Waals surface area contributed by atoms with Gasteiger partial charge in [-0.15, -0.1) is 0 Å². The Morgan fingerprint density at radius 2 is 2.15 bits per heavy atom. The summed E-state index contributed by atoms with van der Waals surface area (Å²) in [5, 5.41) is 2.97. The summed E-state index contributed by atoms with van der Waals surface area (Å²) >= 11 is 0. The van der Waals surface area contributed by atoms with Crippen molar-refractivity contribution in [2.75, 3.05) is 46.6 Å². The van der Waals surface area contributed by atoms with Crippen LogP contribution >= 0.6 is 0 Å². The molecule has 0 bridgehead atoms. The molecule has 26 heavy (non-hydrogen) atoms. The molecule has 1 aliphatic carbocycles. The zero-order valence-corrected chi connectivity index (χ0v) is 15.4. The highest BCUT2D eigenvalue weighted by Gasteiger charge is 2.48. The molecule has 0 aromatic heterocycles. The van der Waals surface area contributed by atoms with Gasteiger partial charge in [-0.25, -0.2) is 4.79 Å². The third kappa shape index (κ3) is 3.67. The van der Waals surface area contributed by atoms with E-state index < -0.39 is 0 Å². The number of carbonyl (C=O) groups is 1. The summed E-state index contributed by atoms with van der Waals surface area (Å²) in [4.78, 5) is 14.8. The van der Waals surface area contributed by atoms with Crippen LogP contribution in [0.5, 0.6) is 5.75 Å². The number of likely N-dealkylation sites (tertiary alicyclic amines) is 1. The smallest absolute Gasteiger partial charge is 0.318 e. The molecule has 3 atom stereocenters. The molecule has 1 aromatic carbocycles. The van der Waals surface area contributed by atoms with Crippen molar-refractivity contribution in [3.63, 3.8) is 0 Å². The van der Waals surface area contributed by atoms with Crippen LogP contribution < -0.4 is 10.1 Å². The second kappa shape index (κ2) is 7.84. The van der Waals surface area contributed by atoms with Crippen LogP contribution in [0.2, 0.25) is 0 Å². The summed E-state index contributed by atoms with van der Waals surface area (Å²) in [7, 11) is 1.64. The minimum atomic E-state index is -0.0292. The molecule has 1 aromatic rings. The number of hydrogen-bond acceptors (Lipinski definition) is 4. The van der Waals surface area contributed by atoms with E-state index in [0.29, 0.717) is 38.8 Å². The second-order valence-electron chi connectivity index (χ2n) is 7.58. The molecule has 1 saturated heterocycles. The van der Waals surface area contributed by atoms with E-state index in [0.717, 1.165) is 23.8 Å². The minimum Gasteiger partial charge on any atom is -0.493 e. The molecule has 3 aliphatic rings. The standard InChI is InChI=1S/C20H28N2O4/c1-24-9-8-21-20(23)22-10-15(12-25-11-14-6-7-14)17-13-26-18-5-3-2-4-16(18)19(17)22/h2-5,14-15,17,19H,6-13H2,1H3,(H,21,23)/t15-,17-,19-/m0/s1. The van der Waals surface area contributed by atoms with Gasteiger partial charge in [-0.1, -0.05) is 18.2 Å². The Morgan fingerprint density at radius 3 is 2.96 bits per heavy atom. The molecule has 0 radical (unpaired) electrons. The number of methoxy groups -OCH3 is 1. The van der Waals surface area contributed by atoms with E-state index >= 15 is 0 Å². The van der Waals surface area contributed by atoms with Crippen LogP contribution in [0, 0.1) is 17.8 Å². The molecule has 1 saturated carbocycles. The molecule has 4 rings (SSSR count). The molecule has 1 N–H and O–H groups in total. The van der Waals surface area contributed by atoms with Gasteiger partial charge in [0.1, 0.15) is 5.75 Å². The van der Waals surface area contributed by atoms with Gasteiger partial charge in [0.25, 0.3) is 0 Å². The van der Waals surface area contributed by atoms with E-state index in [-0.39, 0.29) is 18.0 Å². The predicted octanol–water partition coefficient (Wildman–Crippen LogP) is 2.45. The predicted molar refractivity (Wildman–Crippen MR) is 97.2 cm³/mol. The van der Waals surface area contributed by atoms with Crippen LogP contribution in [0.1, 0.15) is 24.4 Å². The lowest BCUT2D eigenvalue weighted by molar-refractivity contribution is 0.0643. The summed E-state index contributed by atoms with van der Waals surface area (Å²) in [6.45, 7) is 3.93. The highest BCUT2D eigenvalue weighted by molar-refractivity contribution is 5.75. The van der Waals surface area contributed by atoms with Crippen LogP contribution in [-0.2, 0) is 9.47 Å². The van der Waals surface area contributed by atoms with Crippen LogP contribution in [0.25, 0.3) is 0 Å². The van der Waals surface area contributed by atoms with Crippen molar-refractivity contribution in [3.8, 4) is 5.75 Å². The van der Waals surface area contributed by atoms with Crippen molar-refractivity contribution < 1.29 is 19.0 Å². The van der Waals surface area contributed by atoms with E-state index in [1.807, 2.05) is 23.1 Å². The molecule has 142 valence electrons. The zero-order chi connectivity index (χ0) is 17.9. The van der Waals surface area contributed by atoms with Crippen molar-refractivity contribution in [2.24, 2.45) is 17.8 Å². The maximum Gasteiger partial charge on any atom is 0.318 e. The summed E-state index contributed by atoms with van der Waals surface area (Å²) in [5.41, 5.74) is 1.11. The van der Waals surface area contributed by atoms with Crippen molar-refractivity contribution in [1.82, 2.24) is 10.2 Å². The Morgan fingerprint density at radius 1 is 1.31 bits per heavy atom. The number of fused-ring (bicyclic) bond motifs is 3. The van der Waals surface area contributed by atoms with Gasteiger partial charge in [0, 0.05) is 44.2 Å². The number of hydrogen-bond donors (Lipinski definition) is 1. The molecule has 2 amide bonds. The Bertz CT molecular complexity index is 634. The second-order valence-corrected chi connectivity index (χ2v) is 7.58. The van der Waals surface area contributed by atoms with Crippen molar-refractivity contribution in [3.05, 3.63) is 29.8 Å². The van der Waals surface area contributed by atoms with E-state index in [9.17, 15) is 4.79 Å². The van der Waals surface area contributed by atoms with Gasteiger partial charge in [-0.2, -0.15) is 0 Å². The Balaban J connectivity index is 1.49. The number of urea groups is 1. The average Bonchev–Trinajstić information content (AvgIpc) is 3.41. The summed E-state index contributed by atoms with van der Waals surface area (Å²) in [6, 6.07) is 8.09. The molecule has 2 heterocycles. The van der Waals surface area contributed by atoms with Crippen LogP contribution in [0.15, 0.2) is 24.3 Å². The number of amides is 2. The van der Waals surface area contributed by atoms with Gasteiger partial charge in [0.05, 0.1) is 25.9 Å². The molecular formula is C20H28N2O4. The highest BCUT2D eigenvalue weighted by Crippen LogP contribution is 2.47. The molecule has 2 aliphatic heterocycles. The topological polar surface area (TPSA) is 60.0 Å². The highest BCUT2D eigenvalue weighted by atomic mass is 16.5. The maximum atomic E-state index is 12.8. The lowest BCUT2D eigenvalue weighted by Gasteiger charge is -2.34. The molecule has 0 unspecified atom stereocenters. The number of carbonyl (C=O) groups excluding carboxylic acids is 1. The van der Waals surface area contributed by atoms with E-state index in [1.54, 1.807) is 7.11 Å². The first-order valence-corrected chi connectivity index (χ1v) is 9.60. The Kier molecular flexibility index (Phi) is 5.31. The largest absolute Gasteiger partial charge is 0.493 e. The lowest BCUT2D eigenvalue weighted by atomic mass is 9.86. The number of nitrogens with zero attached hydrogens (tertiary/aromatic N) is 1. The number of benzene rings is 1. The first-order chi connectivity index (χ1) is 12.8. The molecule has 0 spiro atoms. The monoisotopic (exact) mass is 360 g/mol.